The Labute approximate surface area is 104 Å². The molecule has 1 saturated heterocycles. The van der Waals surface area contributed by atoms with E-state index in [9.17, 15) is 4.79 Å². The highest BCUT2D eigenvalue weighted by atomic mass is 16.1. The topological polar surface area (TPSA) is 78.3 Å². The first-order valence-corrected chi connectivity index (χ1v) is 6.08. The summed E-state index contributed by atoms with van der Waals surface area (Å²) in [7, 11) is 0. The fraction of sp³-hybridized carbons (Fsp3) is 0.545. The van der Waals surface area contributed by atoms with Gasteiger partial charge in [-0.3, -0.25) is 0 Å². The Hall–Kier alpha value is -1.89. The van der Waals surface area contributed by atoms with Gasteiger partial charge in [0.2, 0.25) is 0 Å². The molecule has 0 radical (unpaired) electrons. The number of fused-ring (bicyclic) bond motifs is 1. The molecule has 0 saturated carbocycles. The van der Waals surface area contributed by atoms with E-state index in [-0.39, 0.29) is 5.69 Å². The highest BCUT2D eigenvalue weighted by Gasteiger charge is 2.18. The van der Waals surface area contributed by atoms with Crippen LogP contribution in [0.4, 0.5) is 5.82 Å². The standard InChI is InChI=1S/C11H16N6O/c1-7-6-16(4-3-12-7)9-5-10-14-15-11(18)17(10)8(2)13-9/h5,7,12H,3-4,6H2,1-2H3,(H,15,18). The minimum atomic E-state index is -0.241. The van der Waals surface area contributed by atoms with Crippen molar-refractivity contribution in [2.45, 2.75) is 19.9 Å². The molecule has 2 aromatic rings. The molecule has 2 N–H and O–H groups in total. The van der Waals surface area contributed by atoms with Crippen molar-refractivity contribution in [3.63, 3.8) is 0 Å². The largest absolute Gasteiger partial charge is 0.354 e. The van der Waals surface area contributed by atoms with Crippen LogP contribution in [0.25, 0.3) is 5.65 Å². The maximum atomic E-state index is 11.5. The number of H-pyrrole nitrogens is 1. The van der Waals surface area contributed by atoms with Crippen LogP contribution in [0.3, 0.4) is 0 Å². The summed E-state index contributed by atoms with van der Waals surface area (Å²) in [5, 5.41) is 9.83. The maximum absolute atomic E-state index is 11.5. The van der Waals surface area contributed by atoms with Crippen molar-refractivity contribution in [3.8, 4) is 0 Å². The molecule has 0 bridgehead atoms. The zero-order valence-electron chi connectivity index (χ0n) is 10.5. The Morgan fingerprint density at radius 3 is 3.11 bits per heavy atom. The first-order chi connectivity index (χ1) is 8.65. The molecular weight excluding hydrogens is 232 g/mol. The highest BCUT2D eigenvalue weighted by Crippen LogP contribution is 2.15. The summed E-state index contributed by atoms with van der Waals surface area (Å²) >= 11 is 0. The van der Waals surface area contributed by atoms with Crippen molar-refractivity contribution < 1.29 is 0 Å². The van der Waals surface area contributed by atoms with Crippen LogP contribution in [0, 0.1) is 6.92 Å². The molecular formula is C11H16N6O. The van der Waals surface area contributed by atoms with E-state index in [4.69, 9.17) is 0 Å². The first kappa shape index (κ1) is 11.2. The van der Waals surface area contributed by atoms with Crippen LogP contribution in [0.15, 0.2) is 10.9 Å². The molecule has 7 heteroatoms. The molecule has 0 aliphatic carbocycles. The van der Waals surface area contributed by atoms with Crippen molar-refractivity contribution in [1.82, 2.24) is 24.9 Å². The van der Waals surface area contributed by atoms with E-state index in [1.807, 2.05) is 13.0 Å². The molecule has 0 aromatic carbocycles. The molecule has 96 valence electrons. The predicted molar refractivity (Wildman–Crippen MR) is 68.0 cm³/mol. The van der Waals surface area contributed by atoms with Gasteiger partial charge < -0.3 is 10.2 Å². The van der Waals surface area contributed by atoms with Gasteiger partial charge in [0.1, 0.15) is 11.6 Å². The van der Waals surface area contributed by atoms with Gasteiger partial charge in [0.05, 0.1) is 0 Å². The summed E-state index contributed by atoms with van der Waals surface area (Å²) in [5.41, 5.74) is 0.379. The van der Waals surface area contributed by atoms with E-state index in [1.165, 1.54) is 4.40 Å². The smallest absolute Gasteiger partial charge is 0.349 e. The van der Waals surface area contributed by atoms with Gasteiger partial charge >= 0.3 is 5.69 Å². The van der Waals surface area contributed by atoms with Gasteiger partial charge in [-0.2, -0.15) is 5.10 Å². The second kappa shape index (κ2) is 4.09. The Morgan fingerprint density at radius 1 is 1.50 bits per heavy atom. The molecule has 2 aromatic heterocycles. The van der Waals surface area contributed by atoms with Crippen molar-refractivity contribution in [2.75, 3.05) is 24.5 Å². The molecule has 1 aliphatic heterocycles. The third kappa shape index (κ3) is 1.76. The van der Waals surface area contributed by atoms with Crippen LogP contribution in [-0.4, -0.2) is 45.3 Å². The number of hydrogen-bond acceptors (Lipinski definition) is 5. The molecule has 7 nitrogen and oxygen atoms in total. The molecule has 3 rings (SSSR count). The quantitative estimate of drug-likeness (QED) is 0.713. The van der Waals surface area contributed by atoms with Crippen molar-refractivity contribution in [3.05, 3.63) is 22.4 Å². The van der Waals surface area contributed by atoms with Crippen LogP contribution >= 0.6 is 0 Å². The average molecular weight is 248 g/mol. The molecule has 1 fully saturated rings. The summed E-state index contributed by atoms with van der Waals surface area (Å²) in [4.78, 5) is 18.2. The van der Waals surface area contributed by atoms with Gasteiger partial charge in [0.15, 0.2) is 5.65 Å². The first-order valence-electron chi connectivity index (χ1n) is 6.08. The van der Waals surface area contributed by atoms with Gasteiger partial charge in [0, 0.05) is 31.7 Å². The number of nitrogens with one attached hydrogen (secondary N) is 2. The molecule has 3 heterocycles. The number of rotatable bonds is 1. The molecule has 18 heavy (non-hydrogen) atoms. The van der Waals surface area contributed by atoms with Crippen molar-refractivity contribution >= 4 is 11.5 Å². The molecule has 1 aliphatic rings. The fourth-order valence-electron chi connectivity index (χ4n) is 2.38. The SMILES string of the molecule is Cc1nc(N2CCNC(C)C2)cc2n[nH]c(=O)n12. The van der Waals surface area contributed by atoms with Crippen LogP contribution in [0.1, 0.15) is 12.7 Å². The van der Waals surface area contributed by atoms with Crippen LogP contribution < -0.4 is 15.9 Å². The number of anilines is 1. The van der Waals surface area contributed by atoms with Crippen molar-refractivity contribution in [1.29, 1.82) is 0 Å². The zero-order chi connectivity index (χ0) is 12.7. The second-order valence-electron chi connectivity index (χ2n) is 4.69. The molecule has 0 amide bonds. The van der Waals surface area contributed by atoms with Crippen molar-refractivity contribution in [2.24, 2.45) is 0 Å². The summed E-state index contributed by atoms with van der Waals surface area (Å²) < 4.78 is 1.48. The fourth-order valence-corrected chi connectivity index (χ4v) is 2.38. The van der Waals surface area contributed by atoms with E-state index in [2.05, 4.69) is 32.3 Å². The van der Waals surface area contributed by atoms with E-state index in [0.717, 1.165) is 25.5 Å². The lowest BCUT2D eigenvalue weighted by Gasteiger charge is -2.32. The van der Waals surface area contributed by atoms with Crippen LogP contribution in [0.5, 0.6) is 0 Å². The van der Waals surface area contributed by atoms with E-state index in [1.54, 1.807) is 0 Å². The molecule has 1 unspecified atom stereocenters. The monoisotopic (exact) mass is 248 g/mol. The summed E-state index contributed by atoms with van der Waals surface area (Å²) in [6.45, 7) is 6.74. The van der Waals surface area contributed by atoms with E-state index in [0.29, 0.717) is 17.5 Å². The lowest BCUT2D eigenvalue weighted by atomic mass is 10.2. The average Bonchev–Trinajstić information content (AvgIpc) is 2.71. The number of hydrogen-bond donors (Lipinski definition) is 2. The number of aromatic amines is 1. The van der Waals surface area contributed by atoms with E-state index >= 15 is 0 Å². The third-order valence-corrected chi connectivity index (χ3v) is 3.25. The Kier molecular flexibility index (Phi) is 2.55. The number of nitrogens with zero attached hydrogens (tertiary/aromatic N) is 4. The summed E-state index contributed by atoms with van der Waals surface area (Å²) in [6.07, 6.45) is 0. The summed E-state index contributed by atoms with van der Waals surface area (Å²) in [5.74, 6) is 1.54. The van der Waals surface area contributed by atoms with Crippen LogP contribution in [0.2, 0.25) is 0 Å². The van der Waals surface area contributed by atoms with Gasteiger partial charge in [-0.05, 0) is 13.8 Å². The number of aryl methyl sites for hydroxylation is 1. The van der Waals surface area contributed by atoms with Gasteiger partial charge in [-0.15, -0.1) is 0 Å². The second-order valence-corrected chi connectivity index (χ2v) is 4.69. The van der Waals surface area contributed by atoms with Gasteiger partial charge in [0.25, 0.3) is 0 Å². The lowest BCUT2D eigenvalue weighted by Crippen LogP contribution is -2.49. The molecule has 1 atom stereocenters. The number of aromatic nitrogens is 4. The highest BCUT2D eigenvalue weighted by molar-refractivity contribution is 5.51. The maximum Gasteiger partial charge on any atom is 0.349 e. The zero-order valence-corrected chi connectivity index (χ0v) is 10.5. The van der Waals surface area contributed by atoms with Gasteiger partial charge in [-0.1, -0.05) is 0 Å². The predicted octanol–water partition coefficient (Wildman–Crippen LogP) is -0.476. The Morgan fingerprint density at radius 2 is 2.33 bits per heavy atom. The summed E-state index contributed by atoms with van der Waals surface area (Å²) in [6, 6.07) is 2.29. The Balaban J connectivity index is 2.04. The lowest BCUT2D eigenvalue weighted by molar-refractivity contribution is 0.482. The minimum absolute atomic E-state index is 0.241. The third-order valence-electron chi connectivity index (χ3n) is 3.25. The minimum Gasteiger partial charge on any atom is -0.354 e. The van der Waals surface area contributed by atoms with E-state index < -0.39 is 0 Å². The number of piperazine rings is 1. The molecule has 0 spiro atoms. The van der Waals surface area contributed by atoms with Crippen LogP contribution in [-0.2, 0) is 0 Å². The normalized spacial score (nSPS) is 20.6. The van der Waals surface area contributed by atoms with Gasteiger partial charge in [-0.25, -0.2) is 19.3 Å². The Bertz CT molecular complexity index is 630.